The summed E-state index contributed by atoms with van der Waals surface area (Å²) in [5.41, 5.74) is 0.609. The Morgan fingerprint density at radius 2 is 1.86 bits per heavy atom. The molecule has 0 spiro atoms. The van der Waals surface area contributed by atoms with Crippen molar-refractivity contribution in [1.29, 1.82) is 0 Å². The Labute approximate surface area is 162 Å². The summed E-state index contributed by atoms with van der Waals surface area (Å²) in [6.45, 7) is 2.15. The summed E-state index contributed by atoms with van der Waals surface area (Å²) in [5, 5.41) is 0. The molecule has 2 aromatic heterocycles. The first kappa shape index (κ1) is 19.6. The van der Waals surface area contributed by atoms with Gasteiger partial charge in [0.15, 0.2) is 11.2 Å². The van der Waals surface area contributed by atoms with Gasteiger partial charge in [-0.15, -0.1) is 0 Å². The molecule has 0 radical (unpaired) electrons. The van der Waals surface area contributed by atoms with E-state index in [2.05, 4.69) is 4.98 Å². The predicted molar refractivity (Wildman–Crippen MR) is 105 cm³/mol. The van der Waals surface area contributed by atoms with E-state index in [4.69, 9.17) is 4.74 Å². The number of hydrogen-bond acceptors (Lipinski definition) is 5. The molecule has 0 fully saturated rings. The van der Waals surface area contributed by atoms with Crippen LogP contribution in [0, 0.1) is 0 Å². The first-order valence-corrected chi connectivity index (χ1v) is 9.27. The van der Waals surface area contributed by atoms with Gasteiger partial charge in [-0.25, -0.2) is 14.6 Å². The Bertz CT molecular complexity index is 1100. The third-order valence-corrected chi connectivity index (χ3v) is 4.76. The predicted octanol–water partition coefficient (Wildman–Crippen LogP) is 1.85. The maximum Gasteiger partial charge on any atom is 0.338 e. The van der Waals surface area contributed by atoms with Crippen molar-refractivity contribution in [2.24, 2.45) is 14.1 Å². The molecule has 0 bridgehead atoms. The smallest absolute Gasteiger partial charge is 0.338 e. The third-order valence-electron chi connectivity index (χ3n) is 4.76. The fourth-order valence-electron chi connectivity index (χ4n) is 3.18. The van der Waals surface area contributed by atoms with E-state index in [9.17, 15) is 14.4 Å². The van der Waals surface area contributed by atoms with Gasteiger partial charge in [-0.2, -0.15) is 0 Å². The molecule has 3 rings (SSSR count). The first-order valence-electron chi connectivity index (χ1n) is 9.27. The molecule has 0 aliphatic heterocycles. The lowest BCUT2D eigenvalue weighted by atomic mass is 10.1. The molecule has 0 aliphatic rings. The summed E-state index contributed by atoms with van der Waals surface area (Å²) in [5.74, 6) is -0.347. The van der Waals surface area contributed by atoms with E-state index >= 15 is 0 Å². The molecule has 8 heteroatoms. The summed E-state index contributed by atoms with van der Waals surface area (Å²) in [6, 6.07) is 8.85. The number of aryl methyl sites for hydroxylation is 2. The lowest BCUT2D eigenvalue weighted by Crippen LogP contribution is -2.39. The van der Waals surface area contributed by atoms with E-state index in [-0.39, 0.29) is 23.3 Å². The van der Waals surface area contributed by atoms with Crippen LogP contribution in [0.3, 0.4) is 0 Å². The van der Waals surface area contributed by atoms with E-state index < -0.39 is 0 Å². The average Bonchev–Trinajstić information content (AvgIpc) is 3.08. The minimum Gasteiger partial charge on any atom is -0.459 e. The van der Waals surface area contributed by atoms with Gasteiger partial charge < -0.3 is 9.30 Å². The monoisotopic (exact) mass is 384 g/mol. The van der Waals surface area contributed by atoms with Crippen molar-refractivity contribution in [3.8, 4) is 0 Å². The Hall–Kier alpha value is -3.16. The Kier molecular flexibility index (Phi) is 5.77. The summed E-state index contributed by atoms with van der Waals surface area (Å²) in [7, 11) is 3.34. The van der Waals surface area contributed by atoms with Crippen LogP contribution in [0.1, 0.15) is 36.5 Å². The molecule has 0 amide bonds. The van der Waals surface area contributed by atoms with Crippen LogP contribution in [-0.2, 0) is 25.4 Å². The number of unbranched alkanes of at least 4 members (excludes halogenated alkanes) is 1. The van der Waals surface area contributed by atoms with Gasteiger partial charge in [0, 0.05) is 20.6 Å². The lowest BCUT2D eigenvalue weighted by Gasteiger charge is -2.13. The highest BCUT2D eigenvalue weighted by Gasteiger charge is 2.15. The van der Waals surface area contributed by atoms with Crippen molar-refractivity contribution < 1.29 is 9.53 Å². The number of carbonyl (C=O) groups is 1. The summed E-state index contributed by atoms with van der Waals surface area (Å²) in [6.07, 6.45) is 3.29. The zero-order chi connectivity index (χ0) is 20.3. The molecular weight excluding hydrogens is 360 g/mol. The van der Waals surface area contributed by atoms with Gasteiger partial charge >= 0.3 is 11.7 Å². The van der Waals surface area contributed by atoms with E-state index in [1.165, 1.54) is 15.5 Å². The van der Waals surface area contributed by atoms with Gasteiger partial charge in [0.05, 0.1) is 18.0 Å². The van der Waals surface area contributed by atoms with E-state index in [0.717, 1.165) is 6.42 Å². The van der Waals surface area contributed by atoms with Gasteiger partial charge in [0.25, 0.3) is 5.56 Å². The highest BCUT2D eigenvalue weighted by molar-refractivity contribution is 5.89. The SMILES string of the molecule is CC(CCCCn1c(=O)c2c(ncn2C)n(C)c1=O)OC(=O)c1ccccc1. The van der Waals surface area contributed by atoms with Crippen LogP contribution in [-0.4, -0.2) is 30.8 Å². The number of benzene rings is 1. The van der Waals surface area contributed by atoms with Crippen LogP contribution in [0.25, 0.3) is 11.2 Å². The molecule has 28 heavy (non-hydrogen) atoms. The molecule has 148 valence electrons. The Balaban J connectivity index is 1.58. The molecule has 0 N–H and O–H groups in total. The van der Waals surface area contributed by atoms with Crippen LogP contribution in [0.2, 0.25) is 0 Å². The van der Waals surface area contributed by atoms with Crippen molar-refractivity contribution in [2.45, 2.75) is 38.8 Å². The molecule has 0 saturated heterocycles. The topological polar surface area (TPSA) is 88.1 Å². The normalized spacial score (nSPS) is 12.2. The van der Waals surface area contributed by atoms with Crippen molar-refractivity contribution in [3.63, 3.8) is 0 Å². The summed E-state index contributed by atoms with van der Waals surface area (Å²) in [4.78, 5) is 41.2. The third kappa shape index (κ3) is 3.90. The van der Waals surface area contributed by atoms with Gasteiger partial charge in [-0.1, -0.05) is 18.2 Å². The van der Waals surface area contributed by atoms with Gasteiger partial charge in [0.1, 0.15) is 0 Å². The number of fused-ring (bicyclic) bond motifs is 1. The minimum absolute atomic E-state index is 0.244. The average molecular weight is 384 g/mol. The van der Waals surface area contributed by atoms with Gasteiger partial charge in [0.2, 0.25) is 0 Å². The maximum absolute atomic E-state index is 12.6. The number of carbonyl (C=O) groups excluding carboxylic acids is 1. The van der Waals surface area contributed by atoms with Crippen LogP contribution >= 0.6 is 0 Å². The standard InChI is InChI=1S/C20H24N4O4/c1-14(28-19(26)15-10-5-4-6-11-15)9-7-8-12-24-18(25)16-17(21-13-22(16)2)23(3)20(24)27/h4-6,10-11,13-14H,7-9,12H2,1-3H3. The van der Waals surface area contributed by atoms with Gasteiger partial charge in [-0.3, -0.25) is 13.9 Å². The molecule has 1 unspecified atom stereocenters. The molecule has 8 nitrogen and oxygen atoms in total. The molecular formula is C20H24N4O4. The quantitative estimate of drug-likeness (QED) is 0.458. The van der Waals surface area contributed by atoms with Crippen LogP contribution in [0.5, 0.6) is 0 Å². The number of ether oxygens (including phenoxy) is 1. The van der Waals surface area contributed by atoms with E-state index in [1.54, 1.807) is 42.9 Å². The van der Waals surface area contributed by atoms with Crippen LogP contribution < -0.4 is 11.2 Å². The number of rotatable bonds is 7. The molecule has 0 aliphatic carbocycles. The fourth-order valence-corrected chi connectivity index (χ4v) is 3.18. The largest absolute Gasteiger partial charge is 0.459 e. The van der Waals surface area contributed by atoms with Crippen LogP contribution in [0.4, 0.5) is 0 Å². The molecule has 0 saturated carbocycles. The lowest BCUT2D eigenvalue weighted by molar-refractivity contribution is 0.0319. The van der Waals surface area contributed by atoms with Crippen molar-refractivity contribution in [2.75, 3.05) is 0 Å². The first-order chi connectivity index (χ1) is 13.4. The number of hydrogen-bond donors (Lipinski definition) is 0. The highest BCUT2D eigenvalue weighted by atomic mass is 16.5. The van der Waals surface area contributed by atoms with Gasteiger partial charge in [-0.05, 0) is 38.3 Å². The molecule has 1 atom stereocenters. The zero-order valence-corrected chi connectivity index (χ0v) is 16.3. The second-order valence-electron chi connectivity index (χ2n) is 6.90. The summed E-state index contributed by atoms with van der Waals surface area (Å²) < 4.78 is 9.69. The van der Waals surface area contributed by atoms with Crippen molar-refractivity contribution >= 4 is 17.1 Å². The number of nitrogens with zero attached hydrogens (tertiary/aromatic N) is 4. The molecule has 3 aromatic rings. The molecule has 1 aromatic carbocycles. The molecule has 2 heterocycles. The van der Waals surface area contributed by atoms with Crippen LogP contribution in [0.15, 0.2) is 46.2 Å². The maximum atomic E-state index is 12.6. The van der Waals surface area contributed by atoms with E-state index in [1.807, 2.05) is 13.0 Å². The fraction of sp³-hybridized carbons (Fsp3) is 0.400. The highest BCUT2D eigenvalue weighted by Crippen LogP contribution is 2.10. The Morgan fingerprint density at radius 3 is 2.57 bits per heavy atom. The zero-order valence-electron chi connectivity index (χ0n) is 16.3. The van der Waals surface area contributed by atoms with Crippen molar-refractivity contribution in [3.05, 3.63) is 63.1 Å². The number of aromatic nitrogens is 4. The Morgan fingerprint density at radius 1 is 1.14 bits per heavy atom. The minimum atomic E-state index is -0.375. The second kappa shape index (κ2) is 8.24. The second-order valence-corrected chi connectivity index (χ2v) is 6.90. The number of esters is 1. The van der Waals surface area contributed by atoms with E-state index in [0.29, 0.717) is 36.1 Å². The van der Waals surface area contributed by atoms with Crippen molar-refractivity contribution in [1.82, 2.24) is 18.7 Å². The number of imidazole rings is 1. The summed E-state index contributed by atoms with van der Waals surface area (Å²) >= 11 is 0.